The minimum atomic E-state index is 0. The second-order valence-electron chi connectivity index (χ2n) is 7.56. The van der Waals surface area contributed by atoms with Gasteiger partial charge in [0.15, 0.2) is 5.96 Å². The highest BCUT2D eigenvalue weighted by Crippen LogP contribution is 2.33. The van der Waals surface area contributed by atoms with Crippen LogP contribution in [-0.4, -0.2) is 47.1 Å². The summed E-state index contributed by atoms with van der Waals surface area (Å²) in [5.74, 6) is 1.50. The molecule has 0 radical (unpaired) electrons. The van der Waals surface area contributed by atoms with Gasteiger partial charge in [-0.3, -0.25) is 4.90 Å². The van der Waals surface area contributed by atoms with Crippen molar-refractivity contribution < 1.29 is 4.42 Å². The van der Waals surface area contributed by atoms with Gasteiger partial charge in [-0.2, -0.15) is 0 Å². The number of nitrogens with one attached hydrogen (secondary N) is 2. The summed E-state index contributed by atoms with van der Waals surface area (Å²) < 4.78 is 5.61. The summed E-state index contributed by atoms with van der Waals surface area (Å²) in [5, 5.41) is 6.96. The molecular weight excluding hydrogens is 465 g/mol. The molecule has 1 saturated carbocycles. The first-order valence-electron chi connectivity index (χ1n) is 10.0. The van der Waals surface area contributed by atoms with Gasteiger partial charge in [0.2, 0.25) is 5.89 Å². The van der Waals surface area contributed by atoms with E-state index in [1.165, 1.54) is 19.3 Å². The van der Waals surface area contributed by atoms with Crippen LogP contribution in [0.15, 0.2) is 46.0 Å². The SMILES string of the molecule is CCNC(=NCc1coc(-c2ccccc2)n1)NC1CC(C)N(C2CC2)C1.I. The van der Waals surface area contributed by atoms with Crippen LogP contribution >= 0.6 is 24.0 Å². The van der Waals surface area contributed by atoms with Crippen molar-refractivity contribution >= 4 is 29.9 Å². The van der Waals surface area contributed by atoms with E-state index in [2.05, 4.69) is 34.4 Å². The summed E-state index contributed by atoms with van der Waals surface area (Å²) in [6.07, 6.45) is 5.59. The van der Waals surface area contributed by atoms with Gasteiger partial charge in [0.25, 0.3) is 0 Å². The first kappa shape index (κ1) is 21.1. The van der Waals surface area contributed by atoms with E-state index in [1.807, 2.05) is 30.3 Å². The average molecular weight is 495 g/mol. The molecule has 1 aliphatic heterocycles. The van der Waals surface area contributed by atoms with Gasteiger partial charge in [0.1, 0.15) is 12.0 Å². The van der Waals surface area contributed by atoms with Crippen LogP contribution < -0.4 is 10.6 Å². The van der Waals surface area contributed by atoms with Crippen LogP contribution in [-0.2, 0) is 6.54 Å². The molecule has 1 aromatic heterocycles. The Kier molecular flexibility index (Phi) is 7.34. The van der Waals surface area contributed by atoms with Crippen LogP contribution in [0.25, 0.3) is 11.5 Å². The minimum absolute atomic E-state index is 0. The molecule has 2 unspecified atom stereocenters. The zero-order chi connectivity index (χ0) is 18.6. The zero-order valence-electron chi connectivity index (χ0n) is 16.6. The quantitative estimate of drug-likeness (QED) is 0.364. The molecule has 2 fully saturated rings. The lowest BCUT2D eigenvalue weighted by Gasteiger charge is -2.20. The number of rotatable bonds is 6. The van der Waals surface area contributed by atoms with Gasteiger partial charge >= 0.3 is 0 Å². The molecule has 28 heavy (non-hydrogen) atoms. The van der Waals surface area contributed by atoms with Crippen LogP contribution in [0.2, 0.25) is 0 Å². The third-order valence-corrected chi connectivity index (χ3v) is 5.30. The molecular formula is C21H30IN5O. The van der Waals surface area contributed by atoms with Gasteiger partial charge in [-0.25, -0.2) is 9.98 Å². The molecule has 0 spiro atoms. The first-order valence-corrected chi connectivity index (χ1v) is 10.0. The summed E-state index contributed by atoms with van der Waals surface area (Å²) >= 11 is 0. The van der Waals surface area contributed by atoms with Gasteiger partial charge in [-0.1, -0.05) is 18.2 Å². The molecule has 6 nitrogen and oxygen atoms in total. The molecule has 1 aliphatic carbocycles. The van der Waals surface area contributed by atoms with Crippen molar-refractivity contribution in [2.24, 2.45) is 4.99 Å². The maximum Gasteiger partial charge on any atom is 0.226 e. The number of nitrogens with zero attached hydrogens (tertiary/aromatic N) is 3. The third-order valence-electron chi connectivity index (χ3n) is 5.30. The maximum absolute atomic E-state index is 5.61. The molecule has 7 heteroatoms. The Balaban J connectivity index is 0.00000225. The molecule has 1 aromatic carbocycles. The number of aromatic nitrogens is 1. The molecule has 2 atom stereocenters. The number of hydrogen-bond acceptors (Lipinski definition) is 4. The smallest absolute Gasteiger partial charge is 0.226 e. The first-order chi connectivity index (χ1) is 13.2. The van der Waals surface area contributed by atoms with Crippen LogP contribution in [0.3, 0.4) is 0 Å². The van der Waals surface area contributed by atoms with Crippen LogP contribution in [0.1, 0.15) is 38.8 Å². The number of benzene rings is 1. The molecule has 2 aliphatic rings. The Bertz CT molecular complexity index is 774. The van der Waals surface area contributed by atoms with Gasteiger partial charge in [0.05, 0.1) is 6.54 Å². The molecule has 0 bridgehead atoms. The Labute approximate surface area is 184 Å². The Hall–Kier alpha value is -1.61. The van der Waals surface area contributed by atoms with E-state index < -0.39 is 0 Å². The molecule has 0 amide bonds. The lowest BCUT2D eigenvalue weighted by molar-refractivity contribution is 0.256. The van der Waals surface area contributed by atoms with E-state index in [0.717, 1.165) is 36.3 Å². The van der Waals surface area contributed by atoms with E-state index in [0.29, 0.717) is 24.5 Å². The summed E-state index contributed by atoms with van der Waals surface area (Å²) in [6.45, 7) is 6.88. The van der Waals surface area contributed by atoms with E-state index >= 15 is 0 Å². The number of oxazole rings is 1. The fourth-order valence-electron chi connectivity index (χ4n) is 3.84. The normalized spacial score (nSPS) is 22.7. The van der Waals surface area contributed by atoms with Gasteiger partial charge < -0.3 is 15.1 Å². The van der Waals surface area contributed by atoms with E-state index in [9.17, 15) is 0 Å². The number of likely N-dealkylation sites (tertiary alicyclic amines) is 1. The fraction of sp³-hybridized carbons (Fsp3) is 0.524. The summed E-state index contributed by atoms with van der Waals surface area (Å²) in [5.41, 5.74) is 1.82. The lowest BCUT2D eigenvalue weighted by Crippen LogP contribution is -2.44. The second-order valence-corrected chi connectivity index (χ2v) is 7.56. The fourth-order valence-corrected chi connectivity index (χ4v) is 3.84. The van der Waals surface area contributed by atoms with Crippen LogP contribution in [0, 0.1) is 0 Å². The van der Waals surface area contributed by atoms with Crippen LogP contribution in [0.5, 0.6) is 0 Å². The zero-order valence-corrected chi connectivity index (χ0v) is 18.9. The van der Waals surface area contributed by atoms with Crippen molar-refractivity contribution in [3.8, 4) is 11.5 Å². The average Bonchev–Trinajstić information content (AvgIpc) is 3.30. The highest BCUT2D eigenvalue weighted by molar-refractivity contribution is 14.0. The number of guanidine groups is 1. The predicted octanol–water partition coefficient (Wildman–Crippen LogP) is 3.64. The largest absolute Gasteiger partial charge is 0.444 e. The summed E-state index contributed by atoms with van der Waals surface area (Å²) in [4.78, 5) is 11.9. The molecule has 1 saturated heterocycles. The summed E-state index contributed by atoms with van der Waals surface area (Å²) in [7, 11) is 0. The topological polar surface area (TPSA) is 65.7 Å². The van der Waals surface area contributed by atoms with E-state index in [4.69, 9.17) is 9.41 Å². The van der Waals surface area contributed by atoms with Crippen molar-refractivity contribution in [1.29, 1.82) is 0 Å². The number of aliphatic imine (C=N–C) groups is 1. The van der Waals surface area contributed by atoms with Crippen molar-refractivity contribution in [3.63, 3.8) is 0 Å². The highest BCUT2D eigenvalue weighted by atomic mass is 127. The molecule has 152 valence electrons. The Morgan fingerprint density at radius 2 is 2.07 bits per heavy atom. The minimum Gasteiger partial charge on any atom is -0.444 e. The van der Waals surface area contributed by atoms with E-state index in [-0.39, 0.29) is 24.0 Å². The predicted molar refractivity (Wildman–Crippen MR) is 123 cm³/mol. The van der Waals surface area contributed by atoms with Crippen LogP contribution in [0.4, 0.5) is 0 Å². The monoisotopic (exact) mass is 495 g/mol. The number of hydrogen-bond donors (Lipinski definition) is 2. The van der Waals surface area contributed by atoms with Crippen molar-refractivity contribution in [1.82, 2.24) is 20.5 Å². The molecule has 4 rings (SSSR count). The number of halogens is 1. The molecule has 2 heterocycles. The van der Waals surface area contributed by atoms with Gasteiger partial charge in [-0.05, 0) is 45.2 Å². The summed E-state index contributed by atoms with van der Waals surface area (Å²) in [6, 6.07) is 11.9. The third kappa shape index (κ3) is 5.26. The van der Waals surface area contributed by atoms with Crippen molar-refractivity contribution in [2.75, 3.05) is 13.1 Å². The Morgan fingerprint density at radius 1 is 1.29 bits per heavy atom. The molecule has 2 N–H and O–H groups in total. The second kappa shape index (κ2) is 9.73. The van der Waals surface area contributed by atoms with Crippen molar-refractivity contribution in [3.05, 3.63) is 42.3 Å². The highest BCUT2D eigenvalue weighted by Gasteiger charge is 2.38. The molecule has 2 aromatic rings. The van der Waals surface area contributed by atoms with E-state index in [1.54, 1.807) is 6.26 Å². The van der Waals surface area contributed by atoms with Crippen molar-refractivity contribution in [2.45, 2.75) is 57.8 Å². The van der Waals surface area contributed by atoms with Gasteiger partial charge in [-0.15, -0.1) is 24.0 Å². The Morgan fingerprint density at radius 3 is 2.79 bits per heavy atom. The standard InChI is InChI=1S/C21H29N5O.HI/c1-3-22-21(25-17-11-15(2)26(13-17)19-9-10-19)23-12-18-14-27-20(24-18)16-7-5-4-6-8-16;/h4-8,14-15,17,19H,3,9-13H2,1-2H3,(H2,22,23,25);1H. The lowest BCUT2D eigenvalue weighted by atomic mass is 10.2. The van der Waals surface area contributed by atoms with Gasteiger partial charge in [0, 0.05) is 36.8 Å². The maximum atomic E-state index is 5.61.